The van der Waals surface area contributed by atoms with Gasteiger partial charge in [0.1, 0.15) is 23.4 Å². The highest BCUT2D eigenvalue weighted by atomic mass is 16.3. The predicted molar refractivity (Wildman–Crippen MR) is 67.8 cm³/mol. The molecule has 18 heavy (non-hydrogen) atoms. The molecule has 0 fully saturated rings. The average Bonchev–Trinajstić information content (AvgIpc) is 2.76. The molecular formula is C13H12N4O. The number of rotatable bonds is 1. The first-order chi connectivity index (χ1) is 8.66. The Balaban J connectivity index is 2.43. The number of nitrogens with zero attached hydrogens (tertiary/aromatic N) is 4. The Labute approximate surface area is 104 Å². The third-order valence-electron chi connectivity index (χ3n) is 2.87. The summed E-state index contributed by atoms with van der Waals surface area (Å²) < 4.78 is 1.75. The van der Waals surface area contributed by atoms with Crippen LogP contribution in [0.5, 0.6) is 5.75 Å². The van der Waals surface area contributed by atoms with Crippen LogP contribution in [0.4, 0.5) is 0 Å². The van der Waals surface area contributed by atoms with Crippen molar-refractivity contribution in [3.8, 4) is 11.4 Å². The van der Waals surface area contributed by atoms with Gasteiger partial charge in [0.2, 0.25) is 0 Å². The zero-order valence-corrected chi connectivity index (χ0v) is 10.1. The molecule has 0 unspecified atom stereocenters. The molecule has 5 heteroatoms. The molecular weight excluding hydrogens is 228 g/mol. The SMILES string of the molecule is Cc1cc(-n2ncnc2C)c2cccc(O)c2n1. The van der Waals surface area contributed by atoms with E-state index in [0.717, 1.165) is 22.6 Å². The number of phenols is 1. The molecule has 90 valence electrons. The number of aromatic nitrogens is 4. The second kappa shape index (κ2) is 3.80. The van der Waals surface area contributed by atoms with Crippen molar-refractivity contribution in [3.05, 3.63) is 42.1 Å². The number of para-hydroxylation sites is 1. The van der Waals surface area contributed by atoms with Crippen LogP contribution in [0.2, 0.25) is 0 Å². The van der Waals surface area contributed by atoms with Gasteiger partial charge < -0.3 is 5.11 Å². The molecule has 2 aromatic heterocycles. The van der Waals surface area contributed by atoms with Gasteiger partial charge in [0.15, 0.2) is 0 Å². The van der Waals surface area contributed by atoms with Gasteiger partial charge in [-0.15, -0.1) is 0 Å². The first-order valence-corrected chi connectivity index (χ1v) is 5.63. The van der Waals surface area contributed by atoms with E-state index in [1.54, 1.807) is 16.8 Å². The Morgan fingerprint density at radius 2 is 2.06 bits per heavy atom. The van der Waals surface area contributed by atoms with Crippen LogP contribution >= 0.6 is 0 Å². The third kappa shape index (κ3) is 1.52. The van der Waals surface area contributed by atoms with Gasteiger partial charge >= 0.3 is 0 Å². The van der Waals surface area contributed by atoms with Gasteiger partial charge in [0, 0.05) is 11.1 Å². The Bertz CT molecular complexity index is 733. The van der Waals surface area contributed by atoms with E-state index in [1.165, 1.54) is 6.33 Å². The second-order valence-electron chi connectivity index (χ2n) is 4.18. The van der Waals surface area contributed by atoms with E-state index in [2.05, 4.69) is 15.1 Å². The molecule has 0 saturated carbocycles. The molecule has 0 bridgehead atoms. The van der Waals surface area contributed by atoms with Gasteiger partial charge in [-0.2, -0.15) is 5.10 Å². The van der Waals surface area contributed by atoms with Crippen molar-refractivity contribution in [2.45, 2.75) is 13.8 Å². The molecule has 1 aromatic carbocycles. The van der Waals surface area contributed by atoms with Crippen molar-refractivity contribution < 1.29 is 5.11 Å². The van der Waals surface area contributed by atoms with E-state index >= 15 is 0 Å². The fourth-order valence-corrected chi connectivity index (χ4v) is 2.05. The summed E-state index contributed by atoms with van der Waals surface area (Å²) in [6, 6.07) is 7.28. The minimum absolute atomic E-state index is 0.176. The summed E-state index contributed by atoms with van der Waals surface area (Å²) in [6.45, 7) is 3.78. The van der Waals surface area contributed by atoms with Crippen LogP contribution in [0, 0.1) is 13.8 Å². The van der Waals surface area contributed by atoms with Crippen LogP contribution < -0.4 is 0 Å². The average molecular weight is 240 g/mol. The zero-order valence-electron chi connectivity index (χ0n) is 10.1. The van der Waals surface area contributed by atoms with E-state index in [9.17, 15) is 5.11 Å². The summed E-state index contributed by atoms with van der Waals surface area (Å²) >= 11 is 0. The van der Waals surface area contributed by atoms with E-state index in [-0.39, 0.29) is 5.75 Å². The Kier molecular flexibility index (Phi) is 2.26. The smallest absolute Gasteiger partial charge is 0.141 e. The highest BCUT2D eigenvalue weighted by molar-refractivity contribution is 5.91. The number of phenolic OH excluding ortho intramolecular Hbond substituents is 1. The molecule has 5 nitrogen and oxygen atoms in total. The number of hydrogen-bond acceptors (Lipinski definition) is 4. The molecule has 0 aliphatic rings. The Morgan fingerprint density at radius 3 is 2.78 bits per heavy atom. The summed E-state index contributed by atoms with van der Waals surface area (Å²) in [5, 5.41) is 14.9. The van der Waals surface area contributed by atoms with E-state index in [1.807, 2.05) is 26.0 Å². The maximum atomic E-state index is 9.88. The molecule has 2 heterocycles. The molecule has 3 rings (SSSR count). The molecule has 0 radical (unpaired) electrons. The number of hydrogen-bond donors (Lipinski definition) is 1. The Hall–Kier alpha value is -2.43. The lowest BCUT2D eigenvalue weighted by atomic mass is 10.1. The van der Waals surface area contributed by atoms with Gasteiger partial charge in [0.05, 0.1) is 5.69 Å². The monoisotopic (exact) mass is 240 g/mol. The largest absolute Gasteiger partial charge is 0.506 e. The minimum Gasteiger partial charge on any atom is -0.506 e. The molecule has 3 aromatic rings. The van der Waals surface area contributed by atoms with Crippen LogP contribution in [0.1, 0.15) is 11.5 Å². The molecule has 0 spiro atoms. The number of pyridine rings is 1. The molecule has 0 saturated heterocycles. The number of fused-ring (bicyclic) bond motifs is 1. The fraction of sp³-hybridized carbons (Fsp3) is 0.154. The van der Waals surface area contributed by atoms with Crippen LogP contribution in [0.3, 0.4) is 0 Å². The summed E-state index contributed by atoms with van der Waals surface area (Å²) in [5.74, 6) is 0.973. The Morgan fingerprint density at radius 1 is 1.22 bits per heavy atom. The minimum atomic E-state index is 0.176. The first-order valence-electron chi connectivity index (χ1n) is 5.63. The molecule has 0 aliphatic heterocycles. The predicted octanol–water partition coefficient (Wildman–Crippen LogP) is 2.14. The van der Waals surface area contributed by atoms with E-state index in [0.29, 0.717) is 5.52 Å². The maximum absolute atomic E-state index is 9.88. The van der Waals surface area contributed by atoms with Gasteiger partial charge in [0.25, 0.3) is 0 Å². The van der Waals surface area contributed by atoms with Crippen LogP contribution in [-0.2, 0) is 0 Å². The van der Waals surface area contributed by atoms with Crippen molar-refractivity contribution in [1.29, 1.82) is 0 Å². The molecule has 1 N–H and O–H groups in total. The number of aromatic hydroxyl groups is 1. The quantitative estimate of drug-likeness (QED) is 0.707. The highest BCUT2D eigenvalue weighted by Crippen LogP contribution is 2.28. The lowest BCUT2D eigenvalue weighted by Crippen LogP contribution is -2.02. The highest BCUT2D eigenvalue weighted by Gasteiger charge is 2.11. The number of aryl methyl sites for hydroxylation is 2. The second-order valence-corrected chi connectivity index (χ2v) is 4.18. The van der Waals surface area contributed by atoms with E-state index < -0.39 is 0 Å². The van der Waals surface area contributed by atoms with Crippen molar-refractivity contribution >= 4 is 10.9 Å². The summed E-state index contributed by atoms with van der Waals surface area (Å²) in [6.07, 6.45) is 1.51. The van der Waals surface area contributed by atoms with E-state index in [4.69, 9.17) is 0 Å². The van der Waals surface area contributed by atoms with Crippen molar-refractivity contribution in [2.24, 2.45) is 0 Å². The van der Waals surface area contributed by atoms with Crippen molar-refractivity contribution in [1.82, 2.24) is 19.7 Å². The van der Waals surface area contributed by atoms with Gasteiger partial charge in [-0.3, -0.25) is 0 Å². The zero-order chi connectivity index (χ0) is 12.7. The lowest BCUT2D eigenvalue weighted by molar-refractivity contribution is 0.480. The van der Waals surface area contributed by atoms with Crippen molar-refractivity contribution in [2.75, 3.05) is 0 Å². The maximum Gasteiger partial charge on any atom is 0.141 e. The van der Waals surface area contributed by atoms with Gasteiger partial charge in [-0.05, 0) is 26.0 Å². The van der Waals surface area contributed by atoms with Crippen LogP contribution in [0.15, 0.2) is 30.6 Å². The first kappa shape index (κ1) is 10.7. The van der Waals surface area contributed by atoms with Crippen LogP contribution in [-0.4, -0.2) is 24.9 Å². The lowest BCUT2D eigenvalue weighted by Gasteiger charge is -2.09. The molecule has 0 atom stereocenters. The fourth-order valence-electron chi connectivity index (χ4n) is 2.05. The summed E-state index contributed by atoms with van der Waals surface area (Å²) in [5.41, 5.74) is 2.29. The van der Waals surface area contributed by atoms with Crippen LogP contribution in [0.25, 0.3) is 16.6 Å². The molecule has 0 aliphatic carbocycles. The number of benzene rings is 1. The topological polar surface area (TPSA) is 63.8 Å². The van der Waals surface area contributed by atoms with Gasteiger partial charge in [-0.25, -0.2) is 14.6 Å². The summed E-state index contributed by atoms with van der Waals surface area (Å²) in [7, 11) is 0. The molecule has 0 amide bonds. The normalized spacial score (nSPS) is 11.0. The third-order valence-corrected chi connectivity index (χ3v) is 2.87. The summed E-state index contributed by atoms with van der Waals surface area (Å²) in [4.78, 5) is 8.48. The van der Waals surface area contributed by atoms with Crippen molar-refractivity contribution in [3.63, 3.8) is 0 Å². The van der Waals surface area contributed by atoms with Gasteiger partial charge in [-0.1, -0.05) is 12.1 Å². The standard InChI is InChI=1S/C13H12N4O/c1-8-6-11(17-9(2)14-7-15-17)10-4-3-5-12(18)13(10)16-8/h3-7,18H,1-2H3.